The second-order valence-electron chi connectivity index (χ2n) is 17.7. The predicted octanol–water partition coefficient (Wildman–Crippen LogP) is 13.3. The fraction of sp³-hybridized carbons (Fsp3) is 0.661. The van der Waals surface area contributed by atoms with Crippen molar-refractivity contribution in [3.05, 3.63) is 97.2 Å². The third kappa shape index (κ3) is 43.5. The molecule has 0 aromatic heterocycles. The van der Waals surface area contributed by atoms with Crippen LogP contribution in [-0.4, -0.2) is 75.5 Å². The topological polar surface area (TPSA) is 102 Å². The lowest BCUT2D eigenvalue weighted by Gasteiger charge is -2.34. The van der Waals surface area contributed by atoms with Gasteiger partial charge >= 0.3 is 11.9 Å². The molecule has 0 aromatic rings. The molecule has 0 aromatic carbocycles. The lowest BCUT2D eigenvalue weighted by Crippen LogP contribution is -2.55. The summed E-state index contributed by atoms with van der Waals surface area (Å²) in [5, 5.41) is 11.7. The number of carbonyl (C=O) groups is 3. The molecule has 0 spiro atoms. The second kappa shape index (κ2) is 45.8. The maximum Gasteiger partial charge on any atom is 0.306 e. The van der Waals surface area contributed by atoms with Gasteiger partial charge in [0.15, 0.2) is 6.10 Å². The Kier molecular flexibility index (Phi) is 43.1. The van der Waals surface area contributed by atoms with Crippen molar-refractivity contribution in [3.63, 3.8) is 0 Å². The first-order valence-electron chi connectivity index (χ1n) is 25.3. The molecule has 0 amide bonds. The molecule has 2 atom stereocenters. The quantitative estimate of drug-likeness (QED) is 0.0197. The predicted molar refractivity (Wildman–Crippen MR) is 268 cm³/mol. The highest BCUT2D eigenvalue weighted by Crippen LogP contribution is 2.14. The number of aliphatic carboxylic acids is 1. The van der Waals surface area contributed by atoms with Crippen LogP contribution in [0.25, 0.3) is 0 Å². The molecule has 0 aliphatic heterocycles. The van der Waals surface area contributed by atoms with Crippen LogP contribution in [0.5, 0.6) is 0 Å². The molecule has 0 rings (SSSR count). The van der Waals surface area contributed by atoms with Crippen LogP contribution in [0.4, 0.5) is 0 Å². The Bertz CT molecular complexity index is 1360. The standard InChI is InChI=1S/C56H93NO7/c1-6-8-10-12-14-16-18-20-22-24-26-27-29-30-32-34-36-38-40-42-44-46-54(58)63-51-52(50-62-49-48-53(56(60)61)57(3,4)5)64-55(59)47-45-43-41-39-37-35-33-31-28-25-23-21-19-17-15-13-11-9-7-2/h8,10,14-17,19-22,26-27,30,32,36,38,52-53H,6-7,9,11-13,18,23-25,28-29,31,33-35,37,39-51H2,1-5H3/b10-8+,16-14+,17-15+,21-19+,22-20+,27-26+,32-30+,38-36+. The zero-order valence-corrected chi connectivity index (χ0v) is 41.4. The molecule has 0 bridgehead atoms. The number of ether oxygens (including phenoxy) is 3. The van der Waals surface area contributed by atoms with Gasteiger partial charge in [-0.25, -0.2) is 0 Å². The summed E-state index contributed by atoms with van der Waals surface area (Å²) in [4.78, 5) is 37.0. The first kappa shape index (κ1) is 60.2. The molecule has 0 saturated carbocycles. The summed E-state index contributed by atoms with van der Waals surface area (Å²) in [6, 6.07) is -0.739. The Balaban J connectivity index is 4.37. The van der Waals surface area contributed by atoms with Crippen molar-refractivity contribution in [2.45, 2.75) is 199 Å². The highest BCUT2D eigenvalue weighted by Gasteiger charge is 2.25. The highest BCUT2D eigenvalue weighted by atomic mass is 16.6. The second-order valence-corrected chi connectivity index (χ2v) is 17.7. The molecule has 0 aliphatic carbocycles. The van der Waals surface area contributed by atoms with Crippen LogP contribution in [-0.2, 0) is 28.6 Å². The van der Waals surface area contributed by atoms with Crippen molar-refractivity contribution in [1.82, 2.24) is 0 Å². The van der Waals surface area contributed by atoms with Crippen molar-refractivity contribution >= 4 is 17.9 Å². The molecule has 8 heteroatoms. The SMILES string of the molecule is CC/C=C/C/C=C/C/C=C/C/C=C/C/C=C/C/C=C/CCCCC(=O)OCC(COCCC(C(=O)[O-])[N+](C)(C)C)OC(=O)CCCCCCCCCCCC/C=C/C=C/CCCCC. The smallest absolute Gasteiger partial charge is 0.306 e. The number of carbonyl (C=O) groups excluding carboxylic acids is 3. The van der Waals surface area contributed by atoms with Gasteiger partial charge in [0.2, 0.25) is 0 Å². The number of esters is 2. The lowest BCUT2D eigenvalue weighted by molar-refractivity contribution is -0.889. The maximum atomic E-state index is 12.8. The van der Waals surface area contributed by atoms with E-state index in [-0.39, 0.29) is 49.1 Å². The summed E-state index contributed by atoms with van der Waals surface area (Å²) in [5.74, 6) is -1.80. The van der Waals surface area contributed by atoms with Crippen LogP contribution in [0.2, 0.25) is 0 Å². The average Bonchev–Trinajstić information content (AvgIpc) is 3.26. The molecule has 0 heterocycles. The molecular weight excluding hydrogens is 799 g/mol. The monoisotopic (exact) mass is 892 g/mol. The van der Waals surface area contributed by atoms with Crippen molar-refractivity contribution in [2.24, 2.45) is 0 Å². The van der Waals surface area contributed by atoms with Gasteiger partial charge in [0.05, 0.1) is 40.3 Å². The van der Waals surface area contributed by atoms with E-state index >= 15 is 0 Å². The number of nitrogens with zero attached hydrogens (tertiary/aromatic N) is 1. The molecular formula is C56H93NO7. The van der Waals surface area contributed by atoms with Crippen LogP contribution >= 0.6 is 0 Å². The van der Waals surface area contributed by atoms with Gasteiger partial charge in [-0.2, -0.15) is 0 Å². The van der Waals surface area contributed by atoms with Crippen molar-refractivity contribution in [3.8, 4) is 0 Å². The van der Waals surface area contributed by atoms with E-state index in [0.717, 1.165) is 77.0 Å². The highest BCUT2D eigenvalue weighted by molar-refractivity contribution is 5.70. The minimum absolute atomic E-state index is 0.0197. The van der Waals surface area contributed by atoms with E-state index in [1.165, 1.54) is 70.6 Å². The van der Waals surface area contributed by atoms with Gasteiger partial charge in [0, 0.05) is 19.3 Å². The summed E-state index contributed by atoms with van der Waals surface area (Å²) in [6.45, 7) is 4.47. The minimum Gasteiger partial charge on any atom is -0.544 e. The molecule has 64 heavy (non-hydrogen) atoms. The third-order valence-electron chi connectivity index (χ3n) is 10.7. The molecule has 0 aliphatic rings. The Hall–Kier alpha value is -3.75. The van der Waals surface area contributed by atoms with Gasteiger partial charge in [-0.05, 0) is 89.9 Å². The zero-order valence-electron chi connectivity index (χ0n) is 41.4. The van der Waals surface area contributed by atoms with Gasteiger partial charge in [-0.3, -0.25) is 9.59 Å². The summed E-state index contributed by atoms with van der Waals surface area (Å²) in [7, 11) is 5.39. The van der Waals surface area contributed by atoms with Gasteiger partial charge in [-0.15, -0.1) is 0 Å². The van der Waals surface area contributed by atoms with Gasteiger partial charge < -0.3 is 28.6 Å². The number of hydrogen-bond acceptors (Lipinski definition) is 7. The largest absolute Gasteiger partial charge is 0.544 e. The fourth-order valence-corrected chi connectivity index (χ4v) is 6.83. The molecule has 0 radical (unpaired) electrons. The molecule has 0 N–H and O–H groups in total. The number of allylic oxidation sites excluding steroid dienone is 16. The summed E-state index contributed by atoms with van der Waals surface area (Å²) in [6.07, 6.45) is 61.5. The van der Waals surface area contributed by atoms with E-state index in [0.29, 0.717) is 12.8 Å². The Morgan fingerprint density at radius 2 is 0.922 bits per heavy atom. The number of carboxylic acids is 1. The lowest BCUT2D eigenvalue weighted by atomic mass is 10.1. The zero-order chi connectivity index (χ0) is 47.0. The minimum atomic E-state index is -1.13. The van der Waals surface area contributed by atoms with E-state index in [2.05, 4.69) is 111 Å². The van der Waals surface area contributed by atoms with Gasteiger partial charge in [0.25, 0.3) is 0 Å². The van der Waals surface area contributed by atoms with Crippen molar-refractivity contribution < 1.29 is 38.2 Å². The molecule has 2 unspecified atom stereocenters. The van der Waals surface area contributed by atoms with Crippen LogP contribution < -0.4 is 5.11 Å². The Labute approximate surface area is 392 Å². The van der Waals surface area contributed by atoms with Crippen molar-refractivity contribution in [1.29, 1.82) is 0 Å². The molecule has 364 valence electrons. The normalized spacial score (nSPS) is 13.7. The van der Waals surface area contributed by atoms with Crippen LogP contribution in [0.3, 0.4) is 0 Å². The number of carboxylic acid groups (broad SMARTS) is 1. The van der Waals surface area contributed by atoms with Crippen LogP contribution in [0.15, 0.2) is 97.2 Å². The number of quaternary nitrogens is 1. The number of rotatable bonds is 44. The molecule has 0 saturated heterocycles. The van der Waals surface area contributed by atoms with E-state index in [4.69, 9.17) is 14.2 Å². The Morgan fingerprint density at radius 1 is 0.500 bits per heavy atom. The first-order chi connectivity index (χ1) is 31.1. The molecule has 8 nitrogen and oxygen atoms in total. The molecule has 0 fully saturated rings. The number of likely N-dealkylation sites (N-methyl/N-ethyl adjacent to an activating group) is 1. The van der Waals surface area contributed by atoms with Crippen LogP contribution in [0.1, 0.15) is 187 Å². The van der Waals surface area contributed by atoms with E-state index in [9.17, 15) is 19.5 Å². The third-order valence-corrected chi connectivity index (χ3v) is 10.7. The summed E-state index contributed by atoms with van der Waals surface area (Å²) in [5.41, 5.74) is 0. The van der Waals surface area contributed by atoms with Gasteiger partial charge in [0.1, 0.15) is 12.6 Å². The number of hydrogen-bond donors (Lipinski definition) is 0. The van der Waals surface area contributed by atoms with E-state index < -0.39 is 18.1 Å². The first-order valence-corrected chi connectivity index (χ1v) is 25.3. The summed E-state index contributed by atoms with van der Waals surface area (Å²) >= 11 is 0. The summed E-state index contributed by atoms with van der Waals surface area (Å²) < 4.78 is 17.2. The van der Waals surface area contributed by atoms with E-state index in [1.807, 2.05) is 0 Å². The van der Waals surface area contributed by atoms with Crippen molar-refractivity contribution in [2.75, 3.05) is 41.0 Å². The fourth-order valence-electron chi connectivity index (χ4n) is 6.83. The van der Waals surface area contributed by atoms with E-state index in [1.54, 1.807) is 21.1 Å². The number of unbranched alkanes of at least 4 members (excludes halogenated alkanes) is 15. The maximum absolute atomic E-state index is 12.8. The Morgan fingerprint density at radius 3 is 1.42 bits per heavy atom. The van der Waals surface area contributed by atoms with Gasteiger partial charge in [-0.1, -0.05) is 175 Å². The average molecular weight is 892 g/mol. The van der Waals surface area contributed by atoms with Crippen LogP contribution in [0, 0.1) is 0 Å².